The first-order chi connectivity index (χ1) is 6.81. The maximum absolute atomic E-state index is 4.50. The Morgan fingerprint density at radius 1 is 1.43 bits per heavy atom. The lowest BCUT2D eigenvalue weighted by atomic mass is 10.1. The molecule has 0 bridgehead atoms. The van der Waals surface area contributed by atoms with Gasteiger partial charge in [0.1, 0.15) is 0 Å². The molecule has 1 N–H and O–H groups in total. The van der Waals surface area contributed by atoms with E-state index in [2.05, 4.69) is 32.5 Å². The van der Waals surface area contributed by atoms with E-state index >= 15 is 0 Å². The number of aromatic nitrogens is 1. The largest absolute Gasteiger partial charge is 0.308 e. The molecule has 0 saturated heterocycles. The van der Waals surface area contributed by atoms with E-state index < -0.39 is 0 Å². The minimum atomic E-state index is 0.242. The van der Waals surface area contributed by atoms with Crippen LogP contribution in [-0.4, -0.2) is 12.0 Å². The van der Waals surface area contributed by atoms with Crippen molar-refractivity contribution in [2.75, 3.05) is 7.05 Å². The van der Waals surface area contributed by atoms with Crippen LogP contribution in [0.3, 0.4) is 0 Å². The molecule has 0 fully saturated rings. The Balaban J connectivity index is 2.31. The number of thiophene rings is 1. The van der Waals surface area contributed by atoms with Crippen molar-refractivity contribution in [1.29, 1.82) is 0 Å². The van der Waals surface area contributed by atoms with Gasteiger partial charge in [-0.05, 0) is 36.4 Å². The Morgan fingerprint density at radius 2 is 2.29 bits per heavy atom. The molecule has 0 aromatic carbocycles. The highest BCUT2D eigenvalue weighted by atomic mass is 32.1. The summed E-state index contributed by atoms with van der Waals surface area (Å²) in [5.74, 6) is 0. The first kappa shape index (κ1) is 9.83. The molecule has 0 saturated carbocycles. The highest BCUT2D eigenvalue weighted by Gasteiger charge is 2.14. The van der Waals surface area contributed by atoms with Gasteiger partial charge < -0.3 is 5.32 Å². The molecule has 0 spiro atoms. The molecular weight excluding hydrogens is 212 g/mol. The van der Waals surface area contributed by atoms with Crippen LogP contribution in [0.4, 0.5) is 0 Å². The van der Waals surface area contributed by atoms with Crippen molar-refractivity contribution < 1.29 is 0 Å². The fourth-order valence-corrected chi connectivity index (χ4v) is 2.76. The molecule has 2 heterocycles. The summed E-state index contributed by atoms with van der Waals surface area (Å²) in [7, 11) is 1.97. The smallest absolute Gasteiger partial charge is 0.0898 e. The summed E-state index contributed by atoms with van der Waals surface area (Å²) in [6.07, 6.45) is 0. The van der Waals surface area contributed by atoms with Gasteiger partial charge in [0.25, 0.3) is 0 Å². The Hall–Kier alpha value is -0.710. The maximum Gasteiger partial charge on any atom is 0.0898 e. The van der Waals surface area contributed by atoms with Gasteiger partial charge in [-0.15, -0.1) is 11.3 Å². The van der Waals surface area contributed by atoms with Gasteiger partial charge in [-0.1, -0.05) is 0 Å². The molecule has 2 rings (SSSR count). The van der Waals surface area contributed by atoms with E-state index in [4.69, 9.17) is 0 Å². The lowest BCUT2D eigenvalue weighted by Crippen LogP contribution is -2.17. The summed E-state index contributed by atoms with van der Waals surface area (Å²) in [5.41, 5.74) is 2.41. The Labute approximate surface area is 91.6 Å². The third-order valence-electron chi connectivity index (χ3n) is 2.10. The molecule has 14 heavy (non-hydrogen) atoms. The highest BCUT2D eigenvalue weighted by molar-refractivity contribution is 7.09. The Morgan fingerprint density at radius 3 is 2.79 bits per heavy atom. The SMILES string of the molecule is CNC(c1ccsc1)c1csc(C)n1. The van der Waals surface area contributed by atoms with Gasteiger partial charge in [0.05, 0.1) is 16.7 Å². The van der Waals surface area contributed by atoms with E-state index in [1.54, 1.807) is 22.7 Å². The van der Waals surface area contributed by atoms with E-state index in [0.717, 1.165) is 10.7 Å². The topological polar surface area (TPSA) is 24.9 Å². The summed E-state index contributed by atoms with van der Waals surface area (Å²) in [6.45, 7) is 2.04. The lowest BCUT2D eigenvalue weighted by Gasteiger charge is -2.11. The summed E-state index contributed by atoms with van der Waals surface area (Å²) >= 11 is 3.42. The van der Waals surface area contributed by atoms with Crippen molar-refractivity contribution in [1.82, 2.24) is 10.3 Å². The highest BCUT2D eigenvalue weighted by Crippen LogP contribution is 2.24. The molecule has 1 atom stereocenters. The zero-order valence-corrected chi connectivity index (χ0v) is 9.78. The third-order valence-corrected chi connectivity index (χ3v) is 3.59. The van der Waals surface area contributed by atoms with Crippen molar-refractivity contribution >= 4 is 22.7 Å². The van der Waals surface area contributed by atoms with Crippen LogP contribution in [0.15, 0.2) is 22.2 Å². The van der Waals surface area contributed by atoms with Crippen molar-refractivity contribution in [3.8, 4) is 0 Å². The molecule has 0 radical (unpaired) electrons. The molecule has 2 aromatic heterocycles. The van der Waals surface area contributed by atoms with Gasteiger partial charge in [-0.2, -0.15) is 11.3 Å². The summed E-state index contributed by atoms with van der Waals surface area (Å²) in [5, 5.41) is 10.8. The van der Waals surface area contributed by atoms with Crippen LogP contribution in [0.5, 0.6) is 0 Å². The van der Waals surface area contributed by atoms with Crippen LogP contribution in [-0.2, 0) is 0 Å². The normalized spacial score (nSPS) is 13.0. The van der Waals surface area contributed by atoms with Crippen molar-refractivity contribution in [2.24, 2.45) is 0 Å². The number of rotatable bonds is 3. The lowest BCUT2D eigenvalue weighted by molar-refractivity contribution is 0.676. The first-order valence-corrected chi connectivity index (χ1v) is 6.25. The van der Waals surface area contributed by atoms with E-state index in [1.807, 2.05) is 14.0 Å². The first-order valence-electron chi connectivity index (χ1n) is 4.42. The fraction of sp³-hybridized carbons (Fsp3) is 0.300. The molecule has 74 valence electrons. The molecule has 0 amide bonds. The average Bonchev–Trinajstić information content (AvgIpc) is 2.79. The van der Waals surface area contributed by atoms with Gasteiger partial charge in [0.2, 0.25) is 0 Å². The number of nitrogens with one attached hydrogen (secondary N) is 1. The summed E-state index contributed by atoms with van der Waals surface area (Å²) in [4.78, 5) is 4.50. The predicted octanol–water partition coefficient (Wildman–Crippen LogP) is 2.82. The van der Waals surface area contributed by atoms with E-state index in [-0.39, 0.29) is 6.04 Å². The van der Waals surface area contributed by atoms with Crippen molar-refractivity contribution in [3.63, 3.8) is 0 Å². The standard InChI is InChI=1S/C10H12N2S2/c1-7-12-9(6-14-7)10(11-2)8-3-4-13-5-8/h3-6,10-11H,1-2H3. The molecule has 2 aromatic rings. The zero-order chi connectivity index (χ0) is 9.97. The quantitative estimate of drug-likeness (QED) is 0.867. The van der Waals surface area contributed by atoms with Gasteiger partial charge >= 0.3 is 0 Å². The van der Waals surface area contributed by atoms with Crippen LogP contribution in [0.25, 0.3) is 0 Å². The van der Waals surface area contributed by atoms with E-state index in [9.17, 15) is 0 Å². The number of hydrogen-bond donors (Lipinski definition) is 1. The molecule has 2 nitrogen and oxygen atoms in total. The molecule has 0 aliphatic rings. The third kappa shape index (κ3) is 1.87. The predicted molar refractivity (Wildman–Crippen MR) is 62.1 cm³/mol. The second-order valence-corrected chi connectivity index (χ2v) is 4.91. The molecule has 0 aliphatic heterocycles. The Bertz CT molecular complexity index is 392. The number of aryl methyl sites for hydroxylation is 1. The van der Waals surface area contributed by atoms with Crippen LogP contribution in [0.2, 0.25) is 0 Å². The minimum Gasteiger partial charge on any atom is -0.308 e. The molecule has 0 aliphatic carbocycles. The molecular formula is C10H12N2S2. The zero-order valence-electron chi connectivity index (χ0n) is 8.15. The van der Waals surface area contributed by atoms with Crippen LogP contribution < -0.4 is 5.32 Å². The van der Waals surface area contributed by atoms with Crippen LogP contribution in [0, 0.1) is 6.92 Å². The summed E-state index contributed by atoms with van der Waals surface area (Å²) in [6, 6.07) is 2.38. The Kier molecular flexibility index (Phi) is 2.96. The van der Waals surface area contributed by atoms with Crippen LogP contribution >= 0.6 is 22.7 Å². The van der Waals surface area contributed by atoms with Gasteiger partial charge in [-0.3, -0.25) is 0 Å². The number of nitrogens with zero attached hydrogens (tertiary/aromatic N) is 1. The maximum atomic E-state index is 4.50. The number of thiazole rings is 1. The number of hydrogen-bond acceptors (Lipinski definition) is 4. The molecule has 4 heteroatoms. The minimum absolute atomic E-state index is 0.242. The van der Waals surface area contributed by atoms with Gasteiger partial charge in [0, 0.05) is 5.38 Å². The van der Waals surface area contributed by atoms with Crippen molar-refractivity contribution in [2.45, 2.75) is 13.0 Å². The fourth-order valence-electron chi connectivity index (χ4n) is 1.44. The summed E-state index contributed by atoms with van der Waals surface area (Å²) < 4.78 is 0. The van der Waals surface area contributed by atoms with Gasteiger partial charge in [0.15, 0.2) is 0 Å². The van der Waals surface area contributed by atoms with Gasteiger partial charge in [-0.25, -0.2) is 4.98 Å². The van der Waals surface area contributed by atoms with E-state index in [0.29, 0.717) is 0 Å². The average molecular weight is 224 g/mol. The van der Waals surface area contributed by atoms with Crippen molar-refractivity contribution in [3.05, 3.63) is 38.5 Å². The monoisotopic (exact) mass is 224 g/mol. The van der Waals surface area contributed by atoms with E-state index in [1.165, 1.54) is 5.56 Å². The molecule has 1 unspecified atom stereocenters. The van der Waals surface area contributed by atoms with Crippen LogP contribution in [0.1, 0.15) is 22.3 Å². The second kappa shape index (κ2) is 4.21. The second-order valence-electron chi connectivity index (χ2n) is 3.07.